The molecule has 0 aliphatic carbocycles. The molecule has 0 unspecified atom stereocenters. The molecule has 476 valence electrons. The summed E-state index contributed by atoms with van der Waals surface area (Å²) in [4.78, 5) is 19.8. The highest BCUT2D eigenvalue weighted by Gasteiger charge is 2.21. The largest absolute Gasteiger partial charge is 0.436 e. The van der Waals surface area contributed by atoms with Gasteiger partial charge in [0.05, 0.1) is 23.8 Å². The maximum Gasteiger partial charge on any atom is 0.246 e. The molecule has 0 N–H and O–H groups in total. The Morgan fingerprint density at radius 1 is 0.225 bits per heavy atom. The van der Waals surface area contributed by atoms with E-state index in [1.165, 1.54) is 120 Å². The van der Waals surface area contributed by atoms with Crippen LogP contribution in [0.1, 0.15) is 0 Å². The molecule has 0 amide bonds. The predicted molar refractivity (Wildman–Crippen MR) is 434 cm³/mol. The first-order valence-corrected chi connectivity index (χ1v) is 37.2. The van der Waals surface area contributed by atoms with Crippen LogP contribution >= 0.6 is 45.3 Å². The molecule has 0 saturated carbocycles. The Morgan fingerprint density at radius 2 is 0.539 bits per heavy atom. The topological polar surface area (TPSA) is 77.8 Å². The Labute approximate surface area is 599 Å². The normalized spacial score (nSPS) is 11.9. The average molecular weight is 1370 g/mol. The van der Waals surface area contributed by atoms with Crippen LogP contribution in [0.2, 0.25) is 0 Å². The third kappa shape index (κ3) is 9.70. The number of fused-ring (bicyclic) bond motifs is 18. The van der Waals surface area contributed by atoms with Crippen molar-refractivity contribution in [3.63, 3.8) is 0 Å². The number of nitrogens with zero attached hydrogens (tertiary/aromatic N) is 4. The summed E-state index contributed by atoms with van der Waals surface area (Å²) in [5.41, 5.74) is 21.9. The van der Waals surface area contributed by atoms with E-state index in [0.717, 1.165) is 83.3 Å². The summed E-state index contributed by atoms with van der Waals surface area (Å²) in [6, 6.07) is 109. The molecule has 22 aromatic rings. The van der Waals surface area contributed by atoms with Crippen LogP contribution in [0.5, 0.6) is 0 Å². The Morgan fingerprint density at radius 3 is 0.980 bits per heavy atom. The van der Waals surface area contributed by atoms with Crippen molar-refractivity contribution in [2.45, 2.75) is 0 Å². The fourth-order valence-corrected chi connectivity index (χ4v) is 20.0. The van der Waals surface area contributed by atoms with Crippen LogP contribution in [-0.4, -0.2) is 19.9 Å². The van der Waals surface area contributed by atoms with Crippen LogP contribution in [0.3, 0.4) is 0 Å². The Bertz CT molecular complexity index is 7190. The lowest BCUT2D eigenvalue weighted by molar-refractivity contribution is 0.653. The first-order valence-electron chi connectivity index (χ1n) is 33.9. The molecule has 10 heteroatoms. The third-order valence-electron chi connectivity index (χ3n) is 19.9. The van der Waals surface area contributed by atoms with Crippen LogP contribution in [0, 0.1) is 0 Å². The van der Waals surface area contributed by atoms with Gasteiger partial charge in [0, 0.05) is 108 Å². The standard InChI is InChI=1S/2C46H26N2OS2/c1-3-22-40-34(14-1)36-19-8-17-32(44(36)50-40)28-11-5-10-27(24-28)31-16-7-21-38-42-46(49-43(31)38)47-26-39(48-42)30-13-6-12-29(25-30)33-18-9-20-37-35-15-2-4-23-41(35)51-45(33)37;1-3-19-41-34(13-1)36-17-7-15-32(44(36)50-41)29-10-5-9-27(23-29)28-21-22-38-40(25-28)49-46-43(38)48-39(26-47-46)31-12-6-11-30(24-31)33-16-8-18-37-35-14-2-4-20-42(35)51-45(33)37/h2*1-26H. The molecule has 0 spiro atoms. The van der Waals surface area contributed by atoms with Gasteiger partial charge in [0.2, 0.25) is 11.4 Å². The predicted octanol–water partition coefficient (Wildman–Crippen LogP) is 27.6. The van der Waals surface area contributed by atoms with Gasteiger partial charge in [0.1, 0.15) is 22.2 Å². The molecule has 0 aliphatic rings. The van der Waals surface area contributed by atoms with E-state index in [0.29, 0.717) is 11.4 Å². The van der Waals surface area contributed by atoms with Gasteiger partial charge in [0.25, 0.3) is 0 Å². The van der Waals surface area contributed by atoms with Crippen molar-refractivity contribution < 1.29 is 8.83 Å². The van der Waals surface area contributed by atoms with E-state index in [1.807, 2.05) is 57.7 Å². The monoisotopic (exact) mass is 1370 g/mol. The zero-order valence-corrected chi connectivity index (χ0v) is 57.5. The fraction of sp³-hybridized carbons (Fsp3) is 0. The van der Waals surface area contributed by atoms with E-state index < -0.39 is 0 Å². The molecule has 14 aromatic carbocycles. The zero-order chi connectivity index (χ0) is 66.9. The van der Waals surface area contributed by atoms with Crippen molar-refractivity contribution >= 4 is 170 Å². The quantitative estimate of drug-likeness (QED) is 0.151. The number of thiophene rings is 4. The number of rotatable bonds is 8. The highest BCUT2D eigenvalue weighted by atomic mass is 32.1. The van der Waals surface area contributed by atoms with E-state index in [2.05, 4.69) is 303 Å². The first kappa shape index (κ1) is 58.7. The first-order chi connectivity index (χ1) is 50.5. The summed E-state index contributed by atoms with van der Waals surface area (Å²) < 4.78 is 23.3. The van der Waals surface area contributed by atoms with Gasteiger partial charge < -0.3 is 8.83 Å². The Balaban J connectivity index is 0.000000133. The molecule has 0 atom stereocenters. The number of aromatic nitrogens is 4. The van der Waals surface area contributed by atoms with Gasteiger partial charge in [-0.2, -0.15) is 0 Å². The van der Waals surface area contributed by atoms with Gasteiger partial charge in [-0.1, -0.05) is 237 Å². The minimum Gasteiger partial charge on any atom is -0.436 e. The molecule has 0 fully saturated rings. The number of para-hydroxylation sites is 1. The molecule has 8 heterocycles. The second-order valence-corrected chi connectivity index (χ2v) is 30.1. The van der Waals surface area contributed by atoms with Crippen molar-refractivity contribution in [1.29, 1.82) is 0 Å². The van der Waals surface area contributed by atoms with Crippen LogP contribution in [0.15, 0.2) is 325 Å². The number of furan rings is 2. The average Bonchev–Trinajstić information content (AvgIpc) is 1.59. The number of hydrogen-bond donors (Lipinski definition) is 0. The maximum atomic E-state index is 6.48. The van der Waals surface area contributed by atoms with Gasteiger partial charge >= 0.3 is 0 Å². The molecule has 8 aromatic heterocycles. The highest BCUT2D eigenvalue weighted by molar-refractivity contribution is 7.27. The number of benzene rings is 14. The molecule has 0 aliphatic heterocycles. The molecule has 0 saturated heterocycles. The molecule has 102 heavy (non-hydrogen) atoms. The molecular weight excluding hydrogens is 1320 g/mol. The van der Waals surface area contributed by atoms with Gasteiger partial charge in [-0.25, -0.2) is 19.9 Å². The van der Waals surface area contributed by atoms with E-state index in [1.54, 1.807) is 0 Å². The van der Waals surface area contributed by atoms with E-state index >= 15 is 0 Å². The fourth-order valence-electron chi connectivity index (χ4n) is 15.1. The lowest BCUT2D eigenvalue weighted by Gasteiger charge is -2.08. The summed E-state index contributed by atoms with van der Waals surface area (Å²) in [5, 5.41) is 12.3. The van der Waals surface area contributed by atoms with E-state index in [4.69, 9.17) is 28.8 Å². The van der Waals surface area contributed by atoms with E-state index in [-0.39, 0.29) is 0 Å². The second-order valence-electron chi connectivity index (χ2n) is 25.9. The second kappa shape index (κ2) is 23.7. The van der Waals surface area contributed by atoms with Crippen LogP contribution < -0.4 is 0 Å². The summed E-state index contributed by atoms with van der Waals surface area (Å²) in [6.07, 6.45) is 3.65. The van der Waals surface area contributed by atoms with Crippen molar-refractivity contribution in [1.82, 2.24) is 19.9 Å². The highest BCUT2D eigenvalue weighted by Crippen LogP contribution is 2.47. The SMILES string of the molecule is c1cc(-c2ccc3c(c2)oc2ncc(-c4cccc(-c5cccc6c5sc5ccccc56)c4)nc23)cc(-c2cccc3c2sc2ccccc23)c1.c1cc(-c2cnc3oc4c(-c5cccc(-c6cccc7c6sc6ccccc67)c5)cccc4c3n2)cc(-c2cccc3c2sc2ccccc23)c1. The van der Waals surface area contributed by atoms with Crippen molar-refractivity contribution in [3.05, 3.63) is 316 Å². The van der Waals surface area contributed by atoms with Crippen molar-refractivity contribution in [2.24, 2.45) is 0 Å². The van der Waals surface area contributed by atoms with Gasteiger partial charge in [0.15, 0.2) is 0 Å². The maximum absolute atomic E-state index is 6.48. The Kier molecular flexibility index (Phi) is 13.6. The lowest BCUT2D eigenvalue weighted by atomic mass is 9.97. The van der Waals surface area contributed by atoms with Gasteiger partial charge in [-0.05, 0) is 128 Å². The summed E-state index contributed by atoms with van der Waals surface area (Å²) >= 11 is 7.41. The Hall–Kier alpha value is -12.3. The smallest absolute Gasteiger partial charge is 0.246 e. The number of hydrogen-bond acceptors (Lipinski definition) is 10. The zero-order valence-electron chi connectivity index (χ0n) is 54.3. The summed E-state index contributed by atoms with van der Waals surface area (Å²) in [6.45, 7) is 0. The molecule has 6 nitrogen and oxygen atoms in total. The molecule has 0 radical (unpaired) electrons. The minimum absolute atomic E-state index is 0.540. The van der Waals surface area contributed by atoms with Crippen LogP contribution in [-0.2, 0) is 0 Å². The van der Waals surface area contributed by atoms with Crippen LogP contribution in [0.25, 0.3) is 214 Å². The van der Waals surface area contributed by atoms with Crippen molar-refractivity contribution in [2.75, 3.05) is 0 Å². The molecule has 22 rings (SSSR count). The van der Waals surface area contributed by atoms with Gasteiger partial charge in [-0.15, -0.1) is 45.3 Å². The summed E-state index contributed by atoms with van der Waals surface area (Å²) in [7, 11) is 0. The third-order valence-corrected chi connectivity index (χ3v) is 24.8. The minimum atomic E-state index is 0.540. The van der Waals surface area contributed by atoms with Gasteiger partial charge in [-0.3, -0.25) is 0 Å². The van der Waals surface area contributed by atoms with Crippen molar-refractivity contribution in [3.8, 4) is 89.3 Å². The molecule has 0 bridgehead atoms. The summed E-state index contributed by atoms with van der Waals surface area (Å²) in [5.74, 6) is 0. The lowest BCUT2D eigenvalue weighted by Crippen LogP contribution is -1.88. The molecular formula is C92H52N4O2S4. The van der Waals surface area contributed by atoms with Crippen LogP contribution in [0.4, 0.5) is 0 Å². The van der Waals surface area contributed by atoms with E-state index in [9.17, 15) is 0 Å².